The number of nitrogens with zero attached hydrogens (tertiary/aromatic N) is 1. The van der Waals surface area contributed by atoms with E-state index in [9.17, 15) is 0 Å². The molecule has 3 rings (SSSR count). The van der Waals surface area contributed by atoms with Crippen LogP contribution in [0.3, 0.4) is 0 Å². The van der Waals surface area contributed by atoms with Crippen LogP contribution >= 0.6 is 0 Å². The molecule has 0 bridgehead atoms. The zero-order valence-electron chi connectivity index (χ0n) is 12.0. The summed E-state index contributed by atoms with van der Waals surface area (Å²) >= 11 is 0. The molecule has 0 spiro atoms. The Morgan fingerprint density at radius 2 is 1.86 bits per heavy atom. The molecule has 1 aromatic heterocycles. The Kier molecular flexibility index (Phi) is 3.36. The summed E-state index contributed by atoms with van der Waals surface area (Å²) in [7, 11) is 1.65. The summed E-state index contributed by atoms with van der Waals surface area (Å²) in [6.07, 6.45) is 1.70. The van der Waals surface area contributed by atoms with E-state index < -0.39 is 0 Å². The zero-order chi connectivity index (χ0) is 14.8. The topological polar surface area (TPSA) is 57.4 Å². The van der Waals surface area contributed by atoms with Crippen molar-refractivity contribution in [3.63, 3.8) is 0 Å². The SMILES string of the molecule is COc1cccc2c(Oc3cc(C)ccc3N)nccc12. The molecule has 21 heavy (non-hydrogen) atoms. The molecular formula is C17H16N2O2. The number of benzene rings is 2. The maximum Gasteiger partial charge on any atom is 0.227 e. The van der Waals surface area contributed by atoms with Crippen LogP contribution in [0.25, 0.3) is 10.8 Å². The minimum absolute atomic E-state index is 0.517. The molecule has 0 unspecified atom stereocenters. The maximum atomic E-state index is 5.96. The predicted molar refractivity (Wildman–Crippen MR) is 84.0 cm³/mol. The summed E-state index contributed by atoms with van der Waals surface area (Å²) in [5.74, 6) is 1.92. The van der Waals surface area contributed by atoms with Crippen molar-refractivity contribution >= 4 is 16.5 Å². The van der Waals surface area contributed by atoms with Crippen molar-refractivity contribution in [3.05, 3.63) is 54.2 Å². The lowest BCUT2D eigenvalue weighted by molar-refractivity contribution is 0.419. The molecule has 0 saturated heterocycles. The van der Waals surface area contributed by atoms with Crippen molar-refractivity contribution in [1.82, 2.24) is 4.98 Å². The number of methoxy groups -OCH3 is 1. The summed E-state index contributed by atoms with van der Waals surface area (Å²) < 4.78 is 11.3. The molecule has 2 aromatic carbocycles. The minimum atomic E-state index is 0.517. The number of nitrogen functional groups attached to an aromatic ring is 1. The molecule has 106 valence electrons. The molecule has 4 heteroatoms. The van der Waals surface area contributed by atoms with Crippen LogP contribution in [0.5, 0.6) is 17.4 Å². The number of hydrogen-bond acceptors (Lipinski definition) is 4. The Bertz CT molecular complexity index is 800. The molecule has 0 aliphatic rings. The fraction of sp³-hybridized carbons (Fsp3) is 0.118. The number of hydrogen-bond donors (Lipinski definition) is 1. The van der Waals surface area contributed by atoms with Gasteiger partial charge in [-0.2, -0.15) is 0 Å². The first-order valence-electron chi connectivity index (χ1n) is 6.65. The molecule has 0 atom stereocenters. The van der Waals surface area contributed by atoms with E-state index in [-0.39, 0.29) is 0 Å². The van der Waals surface area contributed by atoms with Crippen LogP contribution in [-0.4, -0.2) is 12.1 Å². The van der Waals surface area contributed by atoms with Gasteiger partial charge in [0.25, 0.3) is 0 Å². The molecular weight excluding hydrogens is 264 g/mol. The molecule has 0 amide bonds. The van der Waals surface area contributed by atoms with E-state index in [2.05, 4.69) is 4.98 Å². The van der Waals surface area contributed by atoms with Crippen LogP contribution in [-0.2, 0) is 0 Å². The van der Waals surface area contributed by atoms with Crippen LogP contribution in [0.15, 0.2) is 48.7 Å². The molecule has 2 N–H and O–H groups in total. The molecule has 0 aliphatic carbocycles. The van der Waals surface area contributed by atoms with Crippen molar-refractivity contribution < 1.29 is 9.47 Å². The van der Waals surface area contributed by atoms with E-state index in [1.807, 2.05) is 49.4 Å². The fourth-order valence-electron chi connectivity index (χ4n) is 2.24. The van der Waals surface area contributed by atoms with Gasteiger partial charge in [0.15, 0.2) is 5.75 Å². The van der Waals surface area contributed by atoms with E-state index in [4.69, 9.17) is 15.2 Å². The van der Waals surface area contributed by atoms with Crippen LogP contribution in [0.4, 0.5) is 5.69 Å². The lowest BCUT2D eigenvalue weighted by Gasteiger charge is -2.11. The van der Waals surface area contributed by atoms with E-state index in [0.29, 0.717) is 17.3 Å². The summed E-state index contributed by atoms with van der Waals surface area (Å²) in [5.41, 5.74) is 7.63. The van der Waals surface area contributed by atoms with E-state index in [1.54, 1.807) is 13.3 Å². The van der Waals surface area contributed by atoms with Gasteiger partial charge < -0.3 is 15.2 Å². The summed E-state index contributed by atoms with van der Waals surface area (Å²) in [6.45, 7) is 1.99. The molecule has 3 aromatic rings. The van der Waals surface area contributed by atoms with Gasteiger partial charge in [0, 0.05) is 17.0 Å². The first kappa shape index (κ1) is 13.2. The van der Waals surface area contributed by atoms with Crippen LogP contribution < -0.4 is 15.2 Å². The number of aromatic nitrogens is 1. The Morgan fingerprint density at radius 3 is 2.67 bits per heavy atom. The quantitative estimate of drug-likeness (QED) is 0.739. The zero-order valence-corrected chi connectivity index (χ0v) is 12.0. The van der Waals surface area contributed by atoms with Gasteiger partial charge in [0.05, 0.1) is 12.8 Å². The largest absolute Gasteiger partial charge is 0.496 e. The Labute approximate surface area is 123 Å². The summed E-state index contributed by atoms with van der Waals surface area (Å²) in [6, 6.07) is 13.4. The van der Waals surface area contributed by atoms with Crippen molar-refractivity contribution in [3.8, 4) is 17.4 Å². The highest BCUT2D eigenvalue weighted by Gasteiger charge is 2.10. The number of nitrogens with two attached hydrogens (primary N) is 1. The van der Waals surface area contributed by atoms with Crippen LogP contribution in [0.2, 0.25) is 0 Å². The lowest BCUT2D eigenvalue weighted by Crippen LogP contribution is -1.95. The second-order valence-corrected chi connectivity index (χ2v) is 4.81. The van der Waals surface area contributed by atoms with Gasteiger partial charge in [-0.1, -0.05) is 12.1 Å². The van der Waals surface area contributed by atoms with Crippen LogP contribution in [0, 0.1) is 6.92 Å². The van der Waals surface area contributed by atoms with E-state index >= 15 is 0 Å². The third-order valence-electron chi connectivity index (χ3n) is 3.33. The Hall–Kier alpha value is -2.75. The third-order valence-corrected chi connectivity index (χ3v) is 3.33. The highest BCUT2D eigenvalue weighted by atomic mass is 16.5. The molecule has 4 nitrogen and oxygen atoms in total. The molecule has 1 heterocycles. The monoisotopic (exact) mass is 280 g/mol. The number of aryl methyl sites for hydroxylation is 1. The van der Waals surface area contributed by atoms with Crippen molar-refractivity contribution in [1.29, 1.82) is 0 Å². The third kappa shape index (κ3) is 2.48. The predicted octanol–water partition coefficient (Wildman–Crippen LogP) is 3.93. The first-order valence-corrected chi connectivity index (χ1v) is 6.65. The minimum Gasteiger partial charge on any atom is -0.496 e. The van der Waals surface area contributed by atoms with Gasteiger partial charge in [-0.3, -0.25) is 0 Å². The molecule has 0 radical (unpaired) electrons. The average Bonchev–Trinajstić information content (AvgIpc) is 2.50. The lowest BCUT2D eigenvalue weighted by atomic mass is 10.1. The van der Waals surface area contributed by atoms with Crippen molar-refractivity contribution in [2.24, 2.45) is 0 Å². The summed E-state index contributed by atoms with van der Waals surface area (Å²) in [4.78, 5) is 4.32. The Balaban J connectivity index is 2.11. The molecule has 0 aliphatic heterocycles. The van der Waals surface area contributed by atoms with E-state index in [1.165, 1.54) is 0 Å². The first-order chi connectivity index (χ1) is 10.2. The van der Waals surface area contributed by atoms with Gasteiger partial charge >= 0.3 is 0 Å². The van der Waals surface area contributed by atoms with Gasteiger partial charge in [-0.05, 0) is 42.8 Å². The fourth-order valence-corrected chi connectivity index (χ4v) is 2.24. The average molecular weight is 280 g/mol. The molecule has 0 fully saturated rings. The highest BCUT2D eigenvalue weighted by Crippen LogP contribution is 2.34. The number of anilines is 1. The normalized spacial score (nSPS) is 10.6. The number of pyridine rings is 1. The number of rotatable bonds is 3. The van der Waals surface area contributed by atoms with Crippen LogP contribution in [0.1, 0.15) is 5.56 Å². The molecule has 0 saturated carbocycles. The second kappa shape index (κ2) is 5.32. The van der Waals surface area contributed by atoms with Crippen molar-refractivity contribution in [2.75, 3.05) is 12.8 Å². The van der Waals surface area contributed by atoms with E-state index in [0.717, 1.165) is 22.1 Å². The standard InChI is InChI=1S/C17H16N2O2/c1-11-6-7-14(18)16(10-11)21-17-13-4-3-5-15(20-2)12(13)8-9-19-17/h3-10H,18H2,1-2H3. The van der Waals surface area contributed by atoms with Gasteiger partial charge in [-0.15, -0.1) is 0 Å². The van der Waals surface area contributed by atoms with Gasteiger partial charge in [0.1, 0.15) is 5.75 Å². The smallest absolute Gasteiger partial charge is 0.227 e. The summed E-state index contributed by atoms with van der Waals surface area (Å²) in [5, 5.41) is 1.84. The second-order valence-electron chi connectivity index (χ2n) is 4.81. The van der Waals surface area contributed by atoms with Gasteiger partial charge in [-0.25, -0.2) is 4.98 Å². The Morgan fingerprint density at radius 1 is 1.00 bits per heavy atom. The number of ether oxygens (including phenoxy) is 2. The van der Waals surface area contributed by atoms with Gasteiger partial charge in [0.2, 0.25) is 5.88 Å². The highest BCUT2D eigenvalue weighted by molar-refractivity contribution is 5.92. The van der Waals surface area contributed by atoms with Crippen molar-refractivity contribution in [2.45, 2.75) is 6.92 Å². The maximum absolute atomic E-state index is 5.96. The number of fused-ring (bicyclic) bond motifs is 1.